The molecule has 0 saturated carbocycles. The molecule has 0 aliphatic heterocycles. The number of fused-ring (bicyclic) bond motifs is 1. The fraction of sp³-hybridized carbons (Fsp3) is 0.250. The van der Waals surface area contributed by atoms with Crippen LogP contribution in [0.5, 0.6) is 5.75 Å². The molecular weight excluding hydrogens is 262 g/mol. The zero-order valence-electron chi connectivity index (χ0n) is 10.4. The van der Waals surface area contributed by atoms with Gasteiger partial charge in [-0.2, -0.15) is 9.61 Å². The predicted molar refractivity (Wildman–Crippen MR) is 72.1 cm³/mol. The lowest BCUT2D eigenvalue weighted by Gasteiger charge is -2.06. The predicted octanol–water partition coefficient (Wildman–Crippen LogP) is 1.53. The first-order chi connectivity index (χ1) is 9.28. The van der Waals surface area contributed by atoms with Crippen molar-refractivity contribution < 1.29 is 4.74 Å². The highest BCUT2D eigenvalue weighted by Crippen LogP contribution is 2.18. The molecular formula is C12H13N5OS. The number of hydrogen-bond donors (Lipinski definition) is 1. The van der Waals surface area contributed by atoms with Gasteiger partial charge in [0.15, 0.2) is 5.82 Å². The Balaban J connectivity index is 1.82. The molecule has 0 unspecified atom stereocenters. The van der Waals surface area contributed by atoms with E-state index in [0.29, 0.717) is 19.0 Å². The molecule has 0 atom stereocenters. The van der Waals surface area contributed by atoms with Crippen molar-refractivity contribution in [2.24, 2.45) is 5.73 Å². The molecule has 0 radical (unpaired) electrons. The molecule has 3 aromatic rings. The Labute approximate surface area is 113 Å². The number of nitrogens with zero attached hydrogens (tertiary/aromatic N) is 4. The average molecular weight is 275 g/mol. The molecule has 0 fully saturated rings. The topological polar surface area (TPSA) is 78.3 Å². The lowest BCUT2D eigenvalue weighted by molar-refractivity contribution is 0.290. The zero-order chi connectivity index (χ0) is 13.2. The Morgan fingerprint density at radius 3 is 2.95 bits per heavy atom. The minimum atomic E-state index is 0.333. The summed E-state index contributed by atoms with van der Waals surface area (Å²) in [5.41, 5.74) is 6.65. The standard InChI is InChI=1S/C12H13N5OS/c1-8-4-2-3-5-9(8)18-7-10-14-15-12-17(10)16-11(6-13)19-12/h2-5H,6-7,13H2,1H3. The smallest absolute Gasteiger partial charge is 0.234 e. The van der Waals surface area contributed by atoms with Gasteiger partial charge in [-0.15, -0.1) is 10.2 Å². The second kappa shape index (κ2) is 4.94. The largest absolute Gasteiger partial charge is 0.485 e. The molecule has 7 heteroatoms. The van der Waals surface area contributed by atoms with Gasteiger partial charge in [-0.25, -0.2) is 0 Å². The van der Waals surface area contributed by atoms with Gasteiger partial charge >= 0.3 is 0 Å². The van der Waals surface area contributed by atoms with Crippen molar-refractivity contribution in [3.05, 3.63) is 40.7 Å². The number of para-hydroxylation sites is 1. The molecule has 0 amide bonds. The Bertz CT molecular complexity index is 705. The molecule has 0 spiro atoms. The second-order valence-electron chi connectivity index (χ2n) is 4.06. The van der Waals surface area contributed by atoms with Crippen molar-refractivity contribution in [3.63, 3.8) is 0 Å². The number of nitrogens with two attached hydrogens (primary N) is 1. The average Bonchev–Trinajstić information content (AvgIpc) is 2.98. The summed E-state index contributed by atoms with van der Waals surface area (Å²) < 4.78 is 7.43. The van der Waals surface area contributed by atoms with Crippen LogP contribution in [0.25, 0.3) is 4.96 Å². The van der Waals surface area contributed by atoms with E-state index in [4.69, 9.17) is 10.5 Å². The highest BCUT2D eigenvalue weighted by molar-refractivity contribution is 7.16. The van der Waals surface area contributed by atoms with E-state index in [9.17, 15) is 0 Å². The van der Waals surface area contributed by atoms with E-state index in [1.54, 1.807) is 4.52 Å². The van der Waals surface area contributed by atoms with E-state index in [2.05, 4.69) is 15.3 Å². The summed E-state index contributed by atoms with van der Waals surface area (Å²) in [7, 11) is 0. The third kappa shape index (κ3) is 2.29. The third-order valence-corrected chi connectivity index (χ3v) is 3.64. The fourth-order valence-corrected chi connectivity index (χ4v) is 2.46. The molecule has 0 bridgehead atoms. The van der Waals surface area contributed by atoms with Crippen molar-refractivity contribution >= 4 is 16.3 Å². The van der Waals surface area contributed by atoms with Gasteiger partial charge < -0.3 is 10.5 Å². The maximum Gasteiger partial charge on any atom is 0.234 e. The fourth-order valence-electron chi connectivity index (χ4n) is 1.73. The van der Waals surface area contributed by atoms with Crippen LogP contribution in [0.4, 0.5) is 0 Å². The summed E-state index contributed by atoms with van der Waals surface area (Å²) >= 11 is 1.44. The number of hydrogen-bond acceptors (Lipinski definition) is 6. The normalized spacial score (nSPS) is 11.1. The third-order valence-electron chi connectivity index (χ3n) is 2.72. The number of aryl methyl sites for hydroxylation is 1. The zero-order valence-corrected chi connectivity index (χ0v) is 11.2. The number of rotatable bonds is 4. The van der Waals surface area contributed by atoms with E-state index in [1.807, 2.05) is 31.2 Å². The SMILES string of the molecule is Cc1ccccc1OCc1nnc2sc(CN)nn12. The molecule has 2 heterocycles. The molecule has 1 aromatic carbocycles. The quantitative estimate of drug-likeness (QED) is 0.781. The van der Waals surface area contributed by atoms with Crippen molar-refractivity contribution in [2.45, 2.75) is 20.1 Å². The molecule has 0 aliphatic rings. The van der Waals surface area contributed by atoms with Crippen LogP contribution in [0.3, 0.4) is 0 Å². The van der Waals surface area contributed by atoms with Crippen molar-refractivity contribution in [1.29, 1.82) is 0 Å². The van der Waals surface area contributed by atoms with Gasteiger partial charge in [0.25, 0.3) is 0 Å². The number of benzene rings is 1. The van der Waals surface area contributed by atoms with E-state index >= 15 is 0 Å². The van der Waals surface area contributed by atoms with Crippen LogP contribution in [-0.4, -0.2) is 19.8 Å². The van der Waals surface area contributed by atoms with Crippen LogP contribution in [-0.2, 0) is 13.2 Å². The van der Waals surface area contributed by atoms with Crippen LogP contribution in [0.15, 0.2) is 24.3 Å². The molecule has 6 nitrogen and oxygen atoms in total. The van der Waals surface area contributed by atoms with Gasteiger partial charge in [-0.05, 0) is 18.6 Å². The summed E-state index contributed by atoms with van der Waals surface area (Å²) in [5, 5.41) is 13.3. The lowest BCUT2D eigenvalue weighted by Crippen LogP contribution is -2.04. The molecule has 2 aromatic heterocycles. The minimum absolute atomic E-state index is 0.333. The molecule has 3 rings (SSSR count). The first-order valence-electron chi connectivity index (χ1n) is 5.86. The van der Waals surface area contributed by atoms with Gasteiger partial charge in [-0.1, -0.05) is 29.5 Å². The van der Waals surface area contributed by atoms with Crippen LogP contribution in [0.1, 0.15) is 16.4 Å². The van der Waals surface area contributed by atoms with E-state index in [1.165, 1.54) is 11.3 Å². The Kier molecular flexibility index (Phi) is 3.14. The van der Waals surface area contributed by atoms with Gasteiger partial charge in [-0.3, -0.25) is 0 Å². The van der Waals surface area contributed by atoms with Gasteiger partial charge in [0.05, 0.1) is 0 Å². The minimum Gasteiger partial charge on any atom is -0.485 e. The second-order valence-corrected chi connectivity index (χ2v) is 5.11. The Morgan fingerprint density at radius 2 is 2.16 bits per heavy atom. The summed E-state index contributed by atoms with van der Waals surface area (Å²) in [4.78, 5) is 0.740. The highest BCUT2D eigenvalue weighted by atomic mass is 32.1. The van der Waals surface area contributed by atoms with E-state index < -0.39 is 0 Å². The molecule has 2 N–H and O–H groups in total. The monoisotopic (exact) mass is 275 g/mol. The Morgan fingerprint density at radius 1 is 1.32 bits per heavy atom. The lowest BCUT2D eigenvalue weighted by atomic mass is 10.2. The summed E-state index contributed by atoms with van der Waals surface area (Å²) in [6, 6.07) is 7.85. The van der Waals surface area contributed by atoms with Crippen molar-refractivity contribution in [3.8, 4) is 5.75 Å². The molecule has 0 saturated heterocycles. The van der Waals surface area contributed by atoms with Crippen LogP contribution >= 0.6 is 11.3 Å². The summed E-state index contributed by atoms with van der Waals surface area (Å²) in [6.45, 7) is 2.75. The maximum absolute atomic E-state index is 5.74. The van der Waals surface area contributed by atoms with Crippen LogP contribution in [0, 0.1) is 6.92 Å². The van der Waals surface area contributed by atoms with Crippen molar-refractivity contribution in [2.75, 3.05) is 0 Å². The number of ether oxygens (including phenoxy) is 1. The maximum atomic E-state index is 5.74. The summed E-state index contributed by atoms with van der Waals surface area (Å²) in [5.74, 6) is 1.52. The molecule has 98 valence electrons. The van der Waals surface area contributed by atoms with Gasteiger partial charge in [0.1, 0.15) is 17.4 Å². The van der Waals surface area contributed by atoms with E-state index in [0.717, 1.165) is 21.3 Å². The van der Waals surface area contributed by atoms with E-state index in [-0.39, 0.29) is 0 Å². The first-order valence-corrected chi connectivity index (χ1v) is 6.68. The van der Waals surface area contributed by atoms with Gasteiger partial charge in [0, 0.05) is 6.54 Å². The highest BCUT2D eigenvalue weighted by Gasteiger charge is 2.11. The molecule has 19 heavy (non-hydrogen) atoms. The molecule has 0 aliphatic carbocycles. The van der Waals surface area contributed by atoms with Crippen molar-refractivity contribution in [1.82, 2.24) is 19.8 Å². The number of aromatic nitrogens is 4. The Hall–Kier alpha value is -1.99. The van der Waals surface area contributed by atoms with Crippen LogP contribution in [0.2, 0.25) is 0 Å². The first kappa shape index (κ1) is 12.1. The van der Waals surface area contributed by atoms with Gasteiger partial charge in [0.2, 0.25) is 4.96 Å². The van der Waals surface area contributed by atoms with Crippen LogP contribution < -0.4 is 10.5 Å². The summed E-state index contributed by atoms with van der Waals surface area (Å²) in [6.07, 6.45) is 0.